The molecule has 1 amide bonds. The number of aromatic amines is 1. The normalized spacial score (nSPS) is 10.9. The van der Waals surface area contributed by atoms with E-state index >= 15 is 0 Å². The number of nitrogens with zero attached hydrogens (tertiary/aromatic N) is 2. The molecule has 2 aromatic carbocycles. The fraction of sp³-hybridized carbons (Fsp3) is 0.0455. The summed E-state index contributed by atoms with van der Waals surface area (Å²) >= 11 is 1.53. The van der Waals surface area contributed by atoms with Crippen molar-refractivity contribution in [3.05, 3.63) is 95.0 Å². The zero-order valence-corrected chi connectivity index (χ0v) is 16.2. The first-order valence-corrected chi connectivity index (χ1v) is 9.85. The fourth-order valence-corrected chi connectivity index (χ4v) is 3.48. The number of carbonyl (C=O) groups excluding carboxylic acids is 1. The van der Waals surface area contributed by atoms with Crippen molar-refractivity contribution in [2.45, 2.75) is 6.61 Å². The molecule has 4 rings (SSSR count). The van der Waals surface area contributed by atoms with E-state index in [1.165, 1.54) is 17.5 Å². The second kappa shape index (κ2) is 8.99. The van der Waals surface area contributed by atoms with Crippen LogP contribution in [0.3, 0.4) is 0 Å². The zero-order valence-electron chi connectivity index (χ0n) is 15.4. The Hall–Kier alpha value is -3.71. The van der Waals surface area contributed by atoms with Gasteiger partial charge in [-0.1, -0.05) is 48.5 Å². The van der Waals surface area contributed by atoms with Crippen molar-refractivity contribution in [3.8, 4) is 16.3 Å². The molecule has 144 valence electrons. The minimum atomic E-state index is -0.332. The highest BCUT2D eigenvalue weighted by atomic mass is 32.1. The van der Waals surface area contributed by atoms with Gasteiger partial charge in [-0.2, -0.15) is 10.2 Å². The molecule has 0 fully saturated rings. The summed E-state index contributed by atoms with van der Waals surface area (Å²) in [5.41, 5.74) is 5.53. The Kier molecular flexibility index (Phi) is 5.78. The quantitative estimate of drug-likeness (QED) is 0.353. The van der Waals surface area contributed by atoms with E-state index < -0.39 is 0 Å². The average molecular weight is 402 g/mol. The topological polar surface area (TPSA) is 79.4 Å². The van der Waals surface area contributed by atoms with Crippen LogP contribution in [-0.4, -0.2) is 22.3 Å². The van der Waals surface area contributed by atoms with Gasteiger partial charge in [-0.05, 0) is 29.1 Å². The van der Waals surface area contributed by atoms with Gasteiger partial charge < -0.3 is 4.74 Å². The van der Waals surface area contributed by atoms with Gasteiger partial charge in [0.1, 0.15) is 12.4 Å². The van der Waals surface area contributed by atoms with Crippen molar-refractivity contribution in [1.82, 2.24) is 15.6 Å². The molecule has 2 heterocycles. The van der Waals surface area contributed by atoms with Crippen LogP contribution in [0.5, 0.6) is 5.75 Å². The highest BCUT2D eigenvalue weighted by Crippen LogP contribution is 2.25. The Morgan fingerprint density at radius 1 is 1.10 bits per heavy atom. The van der Waals surface area contributed by atoms with Crippen LogP contribution in [0.15, 0.2) is 83.4 Å². The molecule has 0 unspecified atom stereocenters. The second-order valence-corrected chi connectivity index (χ2v) is 7.09. The van der Waals surface area contributed by atoms with Gasteiger partial charge in [-0.25, -0.2) is 5.43 Å². The van der Waals surface area contributed by atoms with Crippen molar-refractivity contribution in [2.75, 3.05) is 0 Å². The number of H-pyrrole nitrogens is 1. The van der Waals surface area contributed by atoms with Crippen LogP contribution in [0.2, 0.25) is 0 Å². The van der Waals surface area contributed by atoms with Gasteiger partial charge in [0, 0.05) is 5.56 Å². The molecule has 7 heteroatoms. The molecule has 29 heavy (non-hydrogen) atoms. The molecule has 0 bridgehead atoms. The molecule has 0 spiro atoms. The minimum Gasteiger partial charge on any atom is -0.488 e. The Labute approximate surface area is 171 Å². The number of amides is 1. The lowest BCUT2D eigenvalue weighted by Gasteiger charge is -2.09. The zero-order chi connectivity index (χ0) is 19.9. The molecule has 2 N–H and O–H groups in total. The van der Waals surface area contributed by atoms with E-state index in [1.807, 2.05) is 72.1 Å². The van der Waals surface area contributed by atoms with Crippen molar-refractivity contribution in [1.29, 1.82) is 0 Å². The summed E-state index contributed by atoms with van der Waals surface area (Å²) in [7, 11) is 0. The average Bonchev–Trinajstić information content (AvgIpc) is 3.45. The van der Waals surface area contributed by atoms with Gasteiger partial charge in [0.15, 0.2) is 0 Å². The number of hydrazone groups is 1. The van der Waals surface area contributed by atoms with Gasteiger partial charge in [0.25, 0.3) is 5.91 Å². The molecule has 4 aromatic rings. The number of hydrogen-bond acceptors (Lipinski definition) is 5. The van der Waals surface area contributed by atoms with Crippen LogP contribution in [-0.2, 0) is 6.61 Å². The molecule has 0 saturated carbocycles. The van der Waals surface area contributed by atoms with Crippen LogP contribution in [0.25, 0.3) is 10.6 Å². The molecule has 6 nitrogen and oxygen atoms in total. The van der Waals surface area contributed by atoms with E-state index in [2.05, 4.69) is 20.7 Å². The van der Waals surface area contributed by atoms with Crippen molar-refractivity contribution in [2.24, 2.45) is 5.10 Å². The molecule has 0 aliphatic rings. The largest absolute Gasteiger partial charge is 0.488 e. The SMILES string of the molecule is O=C(N/N=C\c1ccccc1OCc1ccccc1)c1cn[nH]c1-c1cccs1. The fourth-order valence-electron chi connectivity index (χ4n) is 2.74. The van der Waals surface area contributed by atoms with Gasteiger partial charge in [0.05, 0.1) is 28.5 Å². The van der Waals surface area contributed by atoms with Gasteiger partial charge in [0.2, 0.25) is 0 Å². The van der Waals surface area contributed by atoms with E-state index in [-0.39, 0.29) is 5.91 Å². The van der Waals surface area contributed by atoms with E-state index in [0.29, 0.717) is 23.6 Å². The Morgan fingerprint density at radius 2 is 1.93 bits per heavy atom. The third-order valence-electron chi connectivity index (χ3n) is 4.18. The first-order chi connectivity index (χ1) is 14.3. The molecular weight excluding hydrogens is 384 g/mol. The number of thiophene rings is 1. The summed E-state index contributed by atoms with van der Waals surface area (Å²) in [6.45, 7) is 0.456. The van der Waals surface area contributed by atoms with Crippen molar-refractivity contribution in [3.63, 3.8) is 0 Å². The number of hydrogen-bond donors (Lipinski definition) is 2. The van der Waals surface area contributed by atoms with E-state index in [1.54, 1.807) is 6.21 Å². The van der Waals surface area contributed by atoms with E-state index in [9.17, 15) is 4.79 Å². The van der Waals surface area contributed by atoms with Crippen LogP contribution in [0.1, 0.15) is 21.5 Å². The van der Waals surface area contributed by atoms with E-state index in [4.69, 9.17) is 4.74 Å². The number of benzene rings is 2. The Morgan fingerprint density at radius 3 is 2.76 bits per heavy atom. The summed E-state index contributed by atoms with van der Waals surface area (Å²) in [5, 5.41) is 12.9. The maximum absolute atomic E-state index is 12.5. The predicted molar refractivity (Wildman–Crippen MR) is 114 cm³/mol. The Balaban J connectivity index is 1.42. The number of nitrogens with one attached hydrogen (secondary N) is 2. The maximum Gasteiger partial charge on any atom is 0.275 e. The predicted octanol–water partition coefficient (Wildman–Crippen LogP) is 4.48. The summed E-state index contributed by atoms with van der Waals surface area (Å²) < 4.78 is 5.90. The van der Waals surface area contributed by atoms with Crippen LogP contribution >= 0.6 is 11.3 Å². The second-order valence-electron chi connectivity index (χ2n) is 6.15. The van der Waals surface area contributed by atoms with Crippen LogP contribution in [0, 0.1) is 0 Å². The van der Waals surface area contributed by atoms with E-state index in [0.717, 1.165) is 16.0 Å². The van der Waals surface area contributed by atoms with Gasteiger partial charge >= 0.3 is 0 Å². The van der Waals surface area contributed by atoms with Gasteiger partial charge in [-0.15, -0.1) is 11.3 Å². The lowest BCUT2D eigenvalue weighted by Crippen LogP contribution is -2.17. The first kappa shape index (κ1) is 18.6. The van der Waals surface area contributed by atoms with Crippen LogP contribution in [0.4, 0.5) is 0 Å². The lowest BCUT2D eigenvalue weighted by atomic mass is 10.2. The molecule has 0 aliphatic heterocycles. The number of ether oxygens (including phenoxy) is 1. The summed E-state index contributed by atoms with van der Waals surface area (Å²) in [4.78, 5) is 13.4. The standard InChI is InChI=1S/C22H18N4O2S/c27-22(18-14-24-25-21(18)20-11-6-12-29-20)26-23-13-17-9-4-5-10-19(17)28-15-16-7-2-1-3-8-16/h1-14H,15H2,(H,24,25)(H,26,27)/b23-13-. The van der Waals surface area contributed by atoms with Crippen molar-refractivity contribution >= 4 is 23.5 Å². The lowest BCUT2D eigenvalue weighted by molar-refractivity contribution is 0.0956. The smallest absolute Gasteiger partial charge is 0.275 e. The molecule has 0 aliphatic carbocycles. The monoisotopic (exact) mass is 402 g/mol. The number of carbonyl (C=O) groups is 1. The number of aromatic nitrogens is 2. The highest BCUT2D eigenvalue weighted by molar-refractivity contribution is 7.13. The Bertz CT molecular complexity index is 1100. The first-order valence-electron chi connectivity index (χ1n) is 8.97. The maximum atomic E-state index is 12.5. The summed E-state index contributed by atoms with van der Waals surface area (Å²) in [6, 6.07) is 21.3. The molecule has 0 saturated heterocycles. The summed E-state index contributed by atoms with van der Waals surface area (Å²) in [5.74, 6) is 0.359. The van der Waals surface area contributed by atoms with Crippen LogP contribution < -0.4 is 10.2 Å². The third kappa shape index (κ3) is 4.59. The van der Waals surface area contributed by atoms with Gasteiger partial charge in [-0.3, -0.25) is 9.89 Å². The molecule has 0 radical (unpaired) electrons. The molecular formula is C22H18N4O2S. The highest BCUT2D eigenvalue weighted by Gasteiger charge is 2.15. The van der Waals surface area contributed by atoms with Crippen molar-refractivity contribution < 1.29 is 9.53 Å². The number of para-hydroxylation sites is 1. The molecule has 2 aromatic heterocycles. The minimum absolute atomic E-state index is 0.332. The third-order valence-corrected chi connectivity index (χ3v) is 5.06. The molecule has 0 atom stereocenters. The summed E-state index contributed by atoms with van der Waals surface area (Å²) in [6.07, 6.45) is 3.07. The number of rotatable bonds is 7.